The zero-order valence-corrected chi connectivity index (χ0v) is 20.3. The van der Waals surface area contributed by atoms with Crippen LogP contribution in [0.3, 0.4) is 0 Å². The van der Waals surface area contributed by atoms with E-state index in [1.165, 1.54) is 49.9 Å². The highest BCUT2D eigenvalue weighted by Crippen LogP contribution is 2.39. The molecule has 0 spiro atoms. The quantitative estimate of drug-likeness (QED) is 0.216. The summed E-state index contributed by atoms with van der Waals surface area (Å²) in [6.45, 7) is 3.45. The summed E-state index contributed by atoms with van der Waals surface area (Å²) < 4.78 is 2.22. The van der Waals surface area contributed by atoms with Gasteiger partial charge in [0.2, 0.25) is 5.91 Å². The lowest BCUT2D eigenvalue weighted by atomic mass is 10.1. The molecule has 0 bridgehead atoms. The van der Waals surface area contributed by atoms with Crippen LogP contribution in [0.15, 0.2) is 35.8 Å². The minimum Gasteiger partial charge on any atom is -0.367 e. The lowest BCUT2D eigenvalue weighted by Gasteiger charge is -2.29. The van der Waals surface area contributed by atoms with Crippen molar-refractivity contribution in [1.82, 2.24) is 29.3 Å². The van der Waals surface area contributed by atoms with E-state index in [1.807, 2.05) is 0 Å². The number of hydrogen-bond donors (Lipinski definition) is 4. The van der Waals surface area contributed by atoms with Gasteiger partial charge >= 0.3 is 0 Å². The van der Waals surface area contributed by atoms with E-state index >= 15 is 0 Å². The number of halogens is 1. The van der Waals surface area contributed by atoms with Crippen LogP contribution in [-0.4, -0.2) is 58.5 Å². The zero-order valence-electron chi connectivity index (χ0n) is 18.2. The first-order valence-corrected chi connectivity index (χ1v) is 13.0. The smallest absolute Gasteiger partial charge is 0.224 e. The molecule has 0 radical (unpaired) electrons. The van der Waals surface area contributed by atoms with Crippen LogP contribution in [0.2, 0.25) is 0 Å². The Bertz CT molecular complexity index is 757. The van der Waals surface area contributed by atoms with Gasteiger partial charge in [0.05, 0.1) is 40.6 Å². The van der Waals surface area contributed by atoms with Crippen molar-refractivity contribution in [3.8, 4) is 0 Å². The molecule has 0 aromatic carbocycles. The molecule has 5 rings (SSSR count). The van der Waals surface area contributed by atoms with E-state index in [-0.39, 0.29) is 24.2 Å². The van der Waals surface area contributed by atoms with Gasteiger partial charge in [0.25, 0.3) is 0 Å². The summed E-state index contributed by atoms with van der Waals surface area (Å²) in [5, 5.41) is 13.9. The number of carbonyl (C=O) groups excluding carboxylic acids is 1. The van der Waals surface area contributed by atoms with Crippen molar-refractivity contribution in [2.24, 2.45) is 11.8 Å². The van der Waals surface area contributed by atoms with Crippen molar-refractivity contribution in [1.29, 1.82) is 0 Å². The summed E-state index contributed by atoms with van der Waals surface area (Å²) in [5.41, 5.74) is 2.53. The summed E-state index contributed by atoms with van der Waals surface area (Å²) in [5.74, 6) is 1.12. The molecular weight excluding hydrogens is 503 g/mol. The van der Waals surface area contributed by atoms with E-state index in [9.17, 15) is 4.79 Å². The van der Waals surface area contributed by atoms with E-state index in [0.29, 0.717) is 6.54 Å². The van der Waals surface area contributed by atoms with Crippen LogP contribution < -0.4 is 21.3 Å². The second-order valence-corrected chi connectivity index (χ2v) is 10.7. The van der Waals surface area contributed by atoms with E-state index in [1.54, 1.807) is 0 Å². The summed E-state index contributed by atoms with van der Waals surface area (Å²) in [6.07, 6.45) is 17.8. The van der Waals surface area contributed by atoms with Crippen LogP contribution in [0.25, 0.3) is 0 Å². The van der Waals surface area contributed by atoms with Crippen molar-refractivity contribution < 1.29 is 4.79 Å². The van der Waals surface area contributed by atoms with Gasteiger partial charge < -0.3 is 16.0 Å². The predicted octanol–water partition coefficient (Wildman–Crippen LogP) is 2.16. The SMILES string of the molecule is O=C(NCCNC1C=CC=C(C2NC(C3CC3)=CN2I)N1)C1CCN(C2CCCC2)C1. The third-order valence-corrected chi connectivity index (χ3v) is 8.08. The molecule has 4 N–H and O–H groups in total. The first-order valence-electron chi connectivity index (χ1n) is 12.0. The molecule has 0 aromatic heterocycles. The van der Waals surface area contributed by atoms with E-state index in [2.05, 4.69) is 76.6 Å². The topological polar surface area (TPSA) is 71.7 Å². The number of carbonyl (C=O) groups is 1. The fraction of sp³-hybridized carbons (Fsp3) is 0.696. The fourth-order valence-corrected chi connectivity index (χ4v) is 6.03. The highest BCUT2D eigenvalue weighted by molar-refractivity contribution is 14.1. The van der Waals surface area contributed by atoms with E-state index in [0.717, 1.165) is 38.0 Å². The Morgan fingerprint density at radius 3 is 2.74 bits per heavy atom. The number of likely N-dealkylation sites (tertiary alicyclic amines) is 1. The Kier molecular flexibility index (Phi) is 6.75. The molecule has 0 aromatic rings. The van der Waals surface area contributed by atoms with Crippen LogP contribution in [-0.2, 0) is 4.79 Å². The maximum Gasteiger partial charge on any atom is 0.224 e. The van der Waals surface area contributed by atoms with Crippen LogP contribution >= 0.6 is 22.9 Å². The fourth-order valence-electron chi connectivity index (χ4n) is 5.29. The van der Waals surface area contributed by atoms with Crippen LogP contribution in [0, 0.1) is 11.8 Å². The van der Waals surface area contributed by atoms with Gasteiger partial charge in [-0.15, -0.1) is 0 Å². The highest BCUT2D eigenvalue weighted by Gasteiger charge is 2.35. The Morgan fingerprint density at radius 2 is 1.94 bits per heavy atom. The molecule has 1 amide bonds. The molecule has 3 fully saturated rings. The number of nitrogens with one attached hydrogen (secondary N) is 4. The van der Waals surface area contributed by atoms with Gasteiger partial charge in [-0.25, -0.2) is 0 Å². The predicted molar refractivity (Wildman–Crippen MR) is 131 cm³/mol. The molecule has 31 heavy (non-hydrogen) atoms. The summed E-state index contributed by atoms with van der Waals surface area (Å²) >= 11 is 2.37. The first kappa shape index (κ1) is 21.6. The summed E-state index contributed by atoms with van der Waals surface area (Å²) in [4.78, 5) is 15.1. The normalized spacial score (nSPS) is 31.4. The van der Waals surface area contributed by atoms with Crippen LogP contribution in [0.1, 0.15) is 44.9 Å². The Morgan fingerprint density at radius 1 is 1.10 bits per heavy atom. The van der Waals surface area contributed by atoms with E-state index < -0.39 is 0 Å². The maximum atomic E-state index is 12.6. The van der Waals surface area contributed by atoms with Gasteiger partial charge in [-0.05, 0) is 50.8 Å². The van der Waals surface area contributed by atoms with Crippen molar-refractivity contribution in [2.75, 3.05) is 26.2 Å². The number of hydrogen-bond acceptors (Lipinski definition) is 6. The first-order chi connectivity index (χ1) is 15.2. The van der Waals surface area contributed by atoms with Crippen molar-refractivity contribution in [3.05, 3.63) is 35.8 Å². The maximum absolute atomic E-state index is 12.6. The molecule has 7 nitrogen and oxygen atoms in total. The molecular formula is C23H35IN6O. The van der Waals surface area contributed by atoms with Crippen molar-refractivity contribution in [3.63, 3.8) is 0 Å². The molecule has 3 heterocycles. The van der Waals surface area contributed by atoms with Crippen LogP contribution in [0.5, 0.6) is 0 Å². The number of dihydropyridines is 1. The lowest BCUT2D eigenvalue weighted by Crippen LogP contribution is -2.49. The number of nitrogens with zero attached hydrogens (tertiary/aromatic N) is 2. The summed E-state index contributed by atoms with van der Waals surface area (Å²) in [7, 11) is 0. The van der Waals surface area contributed by atoms with E-state index in [4.69, 9.17) is 0 Å². The van der Waals surface area contributed by atoms with Crippen molar-refractivity contribution in [2.45, 2.75) is 63.3 Å². The van der Waals surface area contributed by atoms with Gasteiger partial charge in [0, 0.05) is 43.5 Å². The molecule has 3 aliphatic heterocycles. The molecule has 2 aliphatic carbocycles. The number of amides is 1. The third kappa shape index (κ3) is 5.22. The lowest BCUT2D eigenvalue weighted by molar-refractivity contribution is -0.124. The summed E-state index contributed by atoms with van der Waals surface area (Å²) in [6, 6.07) is 0.731. The highest BCUT2D eigenvalue weighted by atomic mass is 127. The minimum absolute atomic E-state index is 0.0813. The van der Waals surface area contributed by atoms with Crippen LogP contribution in [0.4, 0.5) is 0 Å². The Balaban J connectivity index is 1.00. The van der Waals surface area contributed by atoms with Gasteiger partial charge in [-0.2, -0.15) is 0 Å². The average Bonchev–Trinajstić information content (AvgIpc) is 3.17. The van der Waals surface area contributed by atoms with Gasteiger partial charge in [0.1, 0.15) is 6.17 Å². The Labute approximate surface area is 199 Å². The monoisotopic (exact) mass is 538 g/mol. The molecule has 2 saturated carbocycles. The largest absolute Gasteiger partial charge is 0.367 e. The second kappa shape index (κ2) is 9.70. The Hall–Kier alpha value is -1.26. The molecule has 8 heteroatoms. The number of rotatable bonds is 8. The standard InChI is InChI=1S/C23H35IN6O/c24-30-15-20(16-8-9-16)28-22(30)19-6-3-7-21(27-19)25-11-12-26-23(31)17-10-13-29(14-17)18-4-1-2-5-18/h3,6-7,15-18,21-22,25,27-28H,1-2,4-5,8-14H2,(H,26,31). The van der Waals surface area contributed by atoms with Gasteiger partial charge in [0.15, 0.2) is 0 Å². The minimum atomic E-state index is 0.0813. The van der Waals surface area contributed by atoms with Gasteiger partial charge in [-0.3, -0.25) is 18.1 Å². The average molecular weight is 538 g/mol. The van der Waals surface area contributed by atoms with Gasteiger partial charge in [-0.1, -0.05) is 18.9 Å². The number of allylic oxidation sites excluding steroid dienone is 3. The zero-order chi connectivity index (χ0) is 21.2. The molecule has 1 saturated heterocycles. The third-order valence-electron chi connectivity index (χ3n) is 7.25. The second-order valence-electron chi connectivity index (χ2n) is 9.54. The molecule has 5 aliphatic rings. The van der Waals surface area contributed by atoms with Crippen molar-refractivity contribution >= 4 is 28.8 Å². The molecule has 3 unspecified atom stereocenters. The molecule has 170 valence electrons. The molecule has 3 atom stereocenters.